The van der Waals surface area contributed by atoms with Crippen molar-refractivity contribution in [2.24, 2.45) is 0 Å². The Morgan fingerprint density at radius 2 is 1.84 bits per heavy atom. The summed E-state index contributed by atoms with van der Waals surface area (Å²) in [5.74, 6) is 1.12. The summed E-state index contributed by atoms with van der Waals surface area (Å²) in [5, 5.41) is 0.988. The van der Waals surface area contributed by atoms with Crippen LogP contribution in [0.15, 0.2) is 54.6 Å². The van der Waals surface area contributed by atoms with E-state index in [1.165, 1.54) is 6.07 Å². The number of hydrogen-bond donors (Lipinski definition) is 1. The highest BCUT2D eigenvalue weighted by Crippen LogP contribution is 2.26. The maximum Gasteiger partial charge on any atom is 0.165 e. The van der Waals surface area contributed by atoms with Gasteiger partial charge in [-0.1, -0.05) is 24.3 Å². The zero-order chi connectivity index (χ0) is 17.6. The number of benzene rings is 2. The molecule has 130 valence electrons. The topological polar surface area (TPSA) is 57.4 Å². The van der Waals surface area contributed by atoms with E-state index in [0.29, 0.717) is 18.2 Å². The van der Waals surface area contributed by atoms with E-state index in [1.54, 1.807) is 24.3 Å². The van der Waals surface area contributed by atoms with E-state index >= 15 is 0 Å². The first-order chi connectivity index (χ1) is 12.1. The van der Waals surface area contributed by atoms with Crippen molar-refractivity contribution in [3.8, 4) is 11.5 Å². The van der Waals surface area contributed by atoms with Crippen LogP contribution in [0.25, 0.3) is 10.9 Å². The zero-order valence-electron chi connectivity index (χ0n) is 14.1. The maximum absolute atomic E-state index is 13.5. The molecule has 3 rings (SSSR count). The average Bonchev–Trinajstić information content (AvgIpc) is 2.61. The van der Waals surface area contributed by atoms with Gasteiger partial charge >= 0.3 is 0 Å². The molecule has 0 aliphatic heterocycles. The lowest BCUT2D eigenvalue weighted by atomic mass is 10.2. The van der Waals surface area contributed by atoms with E-state index in [9.17, 15) is 4.39 Å². The summed E-state index contributed by atoms with van der Waals surface area (Å²) in [5.41, 5.74) is 6.54. The molecule has 4 nitrogen and oxygen atoms in total. The molecular weight excluding hydrogens is 319 g/mol. The number of nitrogens with zero attached hydrogens (tertiary/aromatic N) is 1. The molecule has 1 atom stereocenters. The molecule has 25 heavy (non-hydrogen) atoms. The highest BCUT2D eigenvalue weighted by molar-refractivity contribution is 5.85. The van der Waals surface area contributed by atoms with Crippen molar-refractivity contribution in [3.05, 3.63) is 60.4 Å². The second-order valence-corrected chi connectivity index (χ2v) is 5.91. The van der Waals surface area contributed by atoms with Gasteiger partial charge in [-0.15, -0.1) is 0 Å². The van der Waals surface area contributed by atoms with Gasteiger partial charge in [-0.2, -0.15) is 0 Å². The third-order valence-electron chi connectivity index (χ3n) is 3.88. The van der Waals surface area contributed by atoms with Crippen molar-refractivity contribution in [3.63, 3.8) is 0 Å². The van der Waals surface area contributed by atoms with Gasteiger partial charge in [0, 0.05) is 5.39 Å². The van der Waals surface area contributed by atoms with E-state index < -0.39 is 0 Å². The van der Waals surface area contributed by atoms with Crippen molar-refractivity contribution in [2.45, 2.75) is 25.9 Å². The Kier molecular flexibility index (Phi) is 5.33. The average molecular weight is 340 g/mol. The van der Waals surface area contributed by atoms with E-state index in [0.717, 1.165) is 23.7 Å². The number of fused-ring (bicyclic) bond motifs is 1. The van der Waals surface area contributed by atoms with Crippen molar-refractivity contribution in [1.29, 1.82) is 0 Å². The van der Waals surface area contributed by atoms with E-state index in [2.05, 4.69) is 4.98 Å². The Morgan fingerprint density at radius 1 is 1.04 bits per heavy atom. The Hall–Kier alpha value is -2.82. The predicted octanol–water partition coefficient (Wildman–Crippen LogP) is 4.58. The minimum Gasteiger partial charge on any atom is -0.491 e. The van der Waals surface area contributed by atoms with E-state index in [-0.39, 0.29) is 17.7 Å². The Bertz CT molecular complexity index is 854. The van der Waals surface area contributed by atoms with E-state index in [1.807, 2.05) is 31.2 Å². The van der Waals surface area contributed by atoms with Gasteiger partial charge in [-0.25, -0.2) is 9.37 Å². The van der Waals surface area contributed by atoms with Crippen LogP contribution in [0.5, 0.6) is 11.5 Å². The Balaban J connectivity index is 1.54. The summed E-state index contributed by atoms with van der Waals surface area (Å²) in [6.07, 6.45) is 1.53. The number of aromatic nitrogens is 1. The molecule has 0 amide bonds. The molecular formula is C20H21FN2O2. The molecule has 1 heterocycles. The van der Waals surface area contributed by atoms with E-state index in [4.69, 9.17) is 15.2 Å². The highest BCUT2D eigenvalue weighted by atomic mass is 19.1. The summed E-state index contributed by atoms with van der Waals surface area (Å²) < 4.78 is 25.0. The standard InChI is InChI=1S/C20H21FN2O2/c1-14(6-5-13-24-17-9-3-2-8-16(17)21)25-18-10-4-7-15-11-12-19(22)23-20(15)18/h2-4,7-12,14H,5-6,13H2,1H3,(H2,22,23). The van der Waals surface area contributed by atoms with Gasteiger partial charge in [0.2, 0.25) is 0 Å². The lowest BCUT2D eigenvalue weighted by Crippen LogP contribution is -2.14. The quantitative estimate of drug-likeness (QED) is 0.640. The number of hydrogen-bond acceptors (Lipinski definition) is 4. The predicted molar refractivity (Wildman–Crippen MR) is 97.4 cm³/mol. The lowest BCUT2D eigenvalue weighted by Gasteiger charge is -2.16. The molecule has 1 aromatic heterocycles. The van der Waals surface area contributed by atoms with Crippen LogP contribution in [-0.4, -0.2) is 17.7 Å². The molecule has 0 fully saturated rings. The van der Waals surface area contributed by atoms with Gasteiger partial charge in [-0.3, -0.25) is 0 Å². The second-order valence-electron chi connectivity index (χ2n) is 5.91. The van der Waals surface area contributed by atoms with Gasteiger partial charge < -0.3 is 15.2 Å². The number of anilines is 1. The van der Waals surface area contributed by atoms with Crippen LogP contribution in [-0.2, 0) is 0 Å². The molecule has 2 N–H and O–H groups in total. The normalized spacial score (nSPS) is 12.1. The van der Waals surface area contributed by atoms with Crippen LogP contribution in [0.2, 0.25) is 0 Å². The van der Waals surface area contributed by atoms with Gasteiger partial charge in [0.15, 0.2) is 11.6 Å². The largest absolute Gasteiger partial charge is 0.491 e. The first kappa shape index (κ1) is 17.0. The fraction of sp³-hybridized carbons (Fsp3) is 0.250. The molecule has 2 aromatic carbocycles. The van der Waals surface area contributed by atoms with Crippen molar-refractivity contribution in [2.75, 3.05) is 12.3 Å². The van der Waals surface area contributed by atoms with Crippen LogP contribution in [0.4, 0.5) is 10.2 Å². The van der Waals surface area contributed by atoms with Crippen LogP contribution in [0.3, 0.4) is 0 Å². The molecule has 0 saturated heterocycles. The molecule has 0 radical (unpaired) electrons. The number of rotatable bonds is 7. The number of ether oxygens (including phenoxy) is 2. The third-order valence-corrected chi connectivity index (χ3v) is 3.88. The second kappa shape index (κ2) is 7.83. The monoisotopic (exact) mass is 340 g/mol. The summed E-state index contributed by atoms with van der Waals surface area (Å²) >= 11 is 0. The number of para-hydroxylation sites is 2. The lowest BCUT2D eigenvalue weighted by molar-refractivity contribution is 0.194. The Labute approximate surface area is 146 Å². The number of halogens is 1. The fourth-order valence-electron chi connectivity index (χ4n) is 2.62. The van der Waals surface area contributed by atoms with Gasteiger partial charge in [0.1, 0.15) is 17.1 Å². The minimum absolute atomic E-state index is 0.0157. The van der Waals surface area contributed by atoms with Crippen molar-refractivity contribution in [1.82, 2.24) is 4.98 Å². The molecule has 1 unspecified atom stereocenters. The smallest absolute Gasteiger partial charge is 0.165 e. The molecule has 5 heteroatoms. The summed E-state index contributed by atoms with van der Waals surface area (Å²) in [7, 11) is 0. The van der Waals surface area contributed by atoms with Gasteiger partial charge in [0.25, 0.3) is 0 Å². The highest BCUT2D eigenvalue weighted by Gasteiger charge is 2.09. The fourth-order valence-corrected chi connectivity index (χ4v) is 2.62. The van der Waals surface area contributed by atoms with Gasteiger partial charge in [-0.05, 0) is 50.1 Å². The molecule has 0 saturated carbocycles. The molecule has 3 aromatic rings. The molecule has 0 spiro atoms. The van der Waals surface area contributed by atoms with Crippen molar-refractivity contribution >= 4 is 16.7 Å². The summed E-state index contributed by atoms with van der Waals surface area (Å²) in [6.45, 7) is 2.43. The Morgan fingerprint density at radius 3 is 2.68 bits per heavy atom. The SMILES string of the molecule is CC(CCCOc1ccccc1F)Oc1cccc2ccc(N)nc12. The van der Waals surface area contributed by atoms with Crippen LogP contribution in [0, 0.1) is 5.82 Å². The number of nitrogens with two attached hydrogens (primary N) is 1. The first-order valence-electron chi connectivity index (χ1n) is 8.33. The third kappa shape index (κ3) is 4.38. The van der Waals surface area contributed by atoms with Crippen LogP contribution >= 0.6 is 0 Å². The number of nitrogen functional groups attached to an aromatic ring is 1. The summed E-state index contributed by atoms with van der Waals surface area (Å²) in [4.78, 5) is 4.36. The van der Waals surface area contributed by atoms with Crippen LogP contribution < -0.4 is 15.2 Å². The van der Waals surface area contributed by atoms with Crippen molar-refractivity contribution < 1.29 is 13.9 Å². The molecule has 0 bridgehead atoms. The maximum atomic E-state index is 13.5. The zero-order valence-corrected chi connectivity index (χ0v) is 14.1. The van der Waals surface area contributed by atoms with Gasteiger partial charge in [0.05, 0.1) is 12.7 Å². The molecule has 0 aliphatic rings. The first-order valence-corrected chi connectivity index (χ1v) is 8.33. The summed E-state index contributed by atoms with van der Waals surface area (Å²) in [6, 6.07) is 15.9. The molecule has 0 aliphatic carbocycles. The number of pyridine rings is 1. The van der Waals surface area contributed by atoms with Crippen LogP contribution in [0.1, 0.15) is 19.8 Å². The minimum atomic E-state index is -0.341.